The standard InChI is InChI=1S/C19H20FN5O2/c20-14-3-1-4-15(13-14)23-16(26)19(5-6-19)17(27)24-9-11-25(12-10-24)18-21-7-2-8-22-18/h1-4,7-8,13H,5-6,9-12H2,(H,23,26). The number of nitrogens with zero attached hydrogens (tertiary/aromatic N) is 4. The molecule has 1 aromatic carbocycles. The van der Waals surface area contributed by atoms with E-state index < -0.39 is 11.2 Å². The van der Waals surface area contributed by atoms with Gasteiger partial charge in [0.25, 0.3) is 0 Å². The fourth-order valence-electron chi connectivity index (χ4n) is 3.35. The number of hydrogen-bond donors (Lipinski definition) is 1. The summed E-state index contributed by atoms with van der Waals surface area (Å²) < 4.78 is 13.3. The molecular formula is C19H20FN5O2. The van der Waals surface area contributed by atoms with Crippen molar-refractivity contribution in [2.45, 2.75) is 12.8 Å². The monoisotopic (exact) mass is 369 g/mol. The van der Waals surface area contributed by atoms with Gasteiger partial charge in [0.15, 0.2) is 0 Å². The first-order chi connectivity index (χ1) is 13.1. The Kier molecular flexibility index (Phi) is 4.47. The average molecular weight is 369 g/mol. The molecule has 2 aliphatic rings. The molecule has 2 amide bonds. The van der Waals surface area contributed by atoms with Gasteiger partial charge in [-0.3, -0.25) is 9.59 Å². The third kappa shape index (κ3) is 3.47. The molecule has 8 heteroatoms. The highest BCUT2D eigenvalue weighted by Gasteiger charge is 2.58. The topological polar surface area (TPSA) is 78.4 Å². The molecule has 2 aromatic rings. The largest absolute Gasteiger partial charge is 0.338 e. The normalized spacial score (nSPS) is 18.1. The van der Waals surface area contributed by atoms with Crippen LogP contribution in [0.1, 0.15) is 12.8 Å². The first-order valence-corrected chi connectivity index (χ1v) is 8.97. The molecule has 1 aliphatic heterocycles. The molecule has 0 spiro atoms. The first-order valence-electron chi connectivity index (χ1n) is 8.97. The van der Waals surface area contributed by atoms with E-state index in [-0.39, 0.29) is 11.8 Å². The molecule has 0 bridgehead atoms. The van der Waals surface area contributed by atoms with Gasteiger partial charge in [-0.1, -0.05) is 6.07 Å². The number of amides is 2. The zero-order valence-electron chi connectivity index (χ0n) is 14.8. The second-order valence-corrected chi connectivity index (χ2v) is 6.87. The zero-order valence-corrected chi connectivity index (χ0v) is 14.8. The number of carbonyl (C=O) groups excluding carboxylic acids is 2. The summed E-state index contributed by atoms with van der Waals surface area (Å²) in [6.45, 7) is 2.28. The van der Waals surface area contributed by atoms with Gasteiger partial charge in [0.2, 0.25) is 17.8 Å². The lowest BCUT2D eigenvalue weighted by Gasteiger charge is -2.36. The minimum absolute atomic E-state index is 0.148. The fourth-order valence-corrected chi connectivity index (χ4v) is 3.35. The van der Waals surface area contributed by atoms with Crippen molar-refractivity contribution in [1.82, 2.24) is 14.9 Å². The summed E-state index contributed by atoms with van der Waals surface area (Å²) >= 11 is 0. The van der Waals surface area contributed by atoms with E-state index in [4.69, 9.17) is 0 Å². The fraction of sp³-hybridized carbons (Fsp3) is 0.368. The van der Waals surface area contributed by atoms with Crippen LogP contribution in [0.25, 0.3) is 0 Å². The van der Waals surface area contributed by atoms with Crippen LogP contribution in [0.2, 0.25) is 0 Å². The van der Waals surface area contributed by atoms with Crippen LogP contribution in [0, 0.1) is 11.2 Å². The zero-order chi connectivity index (χ0) is 18.9. The molecule has 4 rings (SSSR count). The molecule has 7 nitrogen and oxygen atoms in total. The summed E-state index contributed by atoms with van der Waals surface area (Å²) in [7, 11) is 0. The second kappa shape index (κ2) is 6.94. The van der Waals surface area contributed by atoms with Crippen molar-refractivity contribution in [3.8, 4) is 0 Å². The molecule has 0 radical (unpaired) electrons. The van der Waals surface area contributed by atoms with Gasteiger partial charge < -0.3 is 15.1 Å². The van der Waals surface area contributed by atoms with Gasteiger partial charge >= 0.3 is 0 Å². The van der Waals surface area contributed by atoms with Crippen LogP contribution < -0.4 is 10.2 Å². The average Bonchev–Trinajstić information content (AvgIpc) is 3.50. The Morgan fingerprint density at radius 2 is 1.74 bits per heavy atom. The molecule has 2 fully saturated rings. The Morgan fingerprint density at radius 1 is 1.04 bits per heavy atom. The Bertz CT molecular complexity index is 848. The van der Waals surface area contributed by atoms with Gasteiger partial charge in [0.05, 0.1) is 0 Å². The highest BCUT2D eigenvalue weighted by atomic mass is 19.1. The molecule has 1 saturated heterocycles. The minimum Gasteiger partial charge on any atom is -0.338 e. The number of hydrogen-bond acceptors (Lipinski definition) is 5. The molecule has 2 heterocycles. The van der Waals surface area contributed by atoms with Crippen molar-refractivity contribution < 1.29 is 14.0 Å². The molecule has 140 valence electrons. The predicted octanol–water partition coefficient (Wildman–Crippen LogP) is 1.68. The SMILES string of the molecule is O=C(Nc1cccc(F)c1)C1(C(=O)N2CCN(c3ncccn3)CC2)CC1. The Hall–Kier alpha value is -3.03. The number of nitrogens with one attached hydrogen (secondary N) is 1. The minimum atomic E-state index is -1.02. The van der Waals surface area contributed by atoms with E-state index >= 15 is 0 Å². The summed E-state index contributed by atoms with van der Waals surface area (Å²) in [5.74, 6) is -0.283. The van der Waals surface area contributed by atoms with E-state index in [0.29, 0.717) is 50.7 Å². The third-order valence-electron chi connectivity index (χ3n) is 5.08. The number of piperazine rings is 1. The van der Waals surface area contributed by atoms with E-state index in [2.05, 4.69) is 15.3 Å². The van der Waals surface area contributed by atoms with Crippen LogP contribution in [0.5, 0.6) is 0 Å². The number of aromatic nitrogens is 2. The van der Waals surface area contributed by atoms with Crippen LogP contribution in [-0.2, 0) is 9.59 Å². The summed E-state index contributed by atoms with van der Waals surface area (Å²) in [6.07, 6.45) is 4.43. The summed E-state index contributed by atoms with van der Waals surface area (Å²) in [6, 6.07) is 7.45. The van der Waals surface area contributed by atoms with Crippen LogP contribution in [0.3, 0.4) is 0 Å². The Labute approximate surface area is 156 Å². The van der Waals surface area contributed by atoms with Gasteiger partial charge in [-0.05, 0) is 37.1 Å². The van der Waals surface area contributed by atoms with Gasteiger partial charge in [-0.2, -0.15) is 0 Å². The van der Waals surface area contributed by atoms with Crippen molar-refractivity contribution in [3.63, 3.8) is 0 Å². The smallest absolute Gasteiger partial charge is 0.240 e. The van der Waals surface area contributed by atoms with Crippen LogP contribution in [-0.4, -0.2) is 52.9 Å². The Balaban J connectivity index is 1.38. The van der Waals surface area contributed by atoms with Crippen molar-refractivity contribution in [2.75, 3.05) is 36.4 Å². The maximum atomic E-state index is 13.3. The molecule has 0 atom stereocenters. The Morgan fingerprint density at radius 3 is 2.37 bits per heavy atom. The van der Waals surface area contributed by atoms with Gasteiger partial charge in [0.1, 0.15) is 11.2 Å². The van der Waals surface area contributed by atoms with E-state index in [1.807, 2.05) is 4.90 Å². The number of halogens is 1. The number of benzene rings is 1. The van der Waals surface area contributed by atoms with Crippen molar-refractivity contribution in [1.29, 1.82) is 0 Å². The van der Waals surface area contributed by atoms with Crippen LogP contribution >= 0.6 is 0 Å². The molecule has 1 saturated carbocycles. The maximum absolute atomic E-state index is 13.3. The second-order valence-electron chi connectivity index (χ2n) is 6.87. The highest BCUT2D eigenvalue weighted by Crippen LogP contribution is 2.48. The van der Waals surface area contributed by atoms with Gasteiger partial charge in [-0.25, -0.2) is 14.4 Å². The maximum Gasteiger partial charge on any atom is 0.240 e. The highest BCUT2D eigenvalue weighted by molar-refractivity contribution is 6.13. The molecule has 0 unspecified atom stereocenters. The number of rotatable bonds is 4. The molecular weight excluding hydrogens is 349 g/mol. The number of anilines is 2. The van der Waals surface area contributed by atoms with E-state index in [9.17, 15) is 14.0 Å². The van der Waals surface area contributed by atoms with E-state index in [1.165, 1.54) is 18.2 Å². The lowest BCUT2D eigenvalue weighted by atomic mass is 10.0. The molecule has 1 aromatic heterocycles. The van der Waals surface area contributed by atoms with Crippen LogP contribution in [0.15, 0.2) is 42.7 Å². The summed E-state index contributed by atoms with van der Waals surface area (Å²) in [5, 5.41) is 2.68. The molecule has 1 N–H and O–H groups in total. The van der Waals surface area contributed by atoms with E-state index in [0.717, 1.165) is 0 Å². The van der Waals surface area contributed by atoms with Gasteiger partial charge in [0, 0.05) is 44.3 Å². The molecule has 27 heavy (non-hydrogen) atoms. The van der Waals surface area contributed by atoms with Crippen molar-refractivity contribution >= 4 is 23.5 Å². The van der Waals surface area contributed by atoms with Crippen LogP contribution in [0.4, 0.5) is 16.0 Å². The van der Waals surface area contributed by atoms with Crippen molar-refractivity contribution in [2.24, 2.45) is 5.41 Å². The summed E-state index contributed by atoms with van der Waals surface area (Å²) in [4.78, 5) is 37.9. The van der Waals surface area contributed by atoms with Gasteiger partial charge in [-0.15, -0.1) is 0 Å². The number of carbonyl (C=O) groups is 2. The first kappa shape index (κ1) is 17.4. The predicted molar refractivity (Wildman–Crippen MR) is 97.5 cm³/mol. The third-order valence-corrected chi connectivity index (χ3v) is 5.08. The van der Waals surface area contributed by atoms with E-state index in [1.54, 1.807) is 29.4 Å². The molecule has 1 aliphatic carbocycles. The van der Waals surface area contributed by atoms with Crippen molar-refractivity contribution in [3.05, 3.63) is 48.5 Å². The lowest BCUT2D eigenvalue weighted by Crippen LogP contribution is -2.53. The summed E-state index contributed by atoms with van der Waals surface area (Å²) in [5.41, 5.74) is -0.650. The lowest BCUT2D eigenvalue weighted by molar-refractivity contribution is -0.142. The quantitative estimate of drug-likeness (QED) is 0.830.